The predicted octanol–water partition coefficient (Wildman–Crippen LogP) is 3.03. The molecule has 2 rings (SSSR count). The van der Waals surface area contributed by atoms with Gasteiger partial charge >= 0.3 is 0 Å². The molecule has 0 radical (unpaired) electrons. The SMILES string of the molecule is CN=C(NCCN(C)C(C)C)NCc1ccc(C)cc1OCC1CCOC1.I. The Bertz CT molecular complexity index is 604. The van der Waals surface area contributed by atoms with E-state index in [0.717, 1.165) is 50.0 Å². The third kappa shape index (κ3) is 8.53. The molecule has 1 unspecified atom stereocenters. The molecular formula is C21H37IN4O2. The first kappa shape index (κ1) is 25.0. The monoisotopic (exact) mass is 504 g/mol. The number of guanidine groups is 1. The normalized spacial score (nSPS) is 17.0. The fourth-order valence-corrected chi connectivity index (χ4v) is 2.87. The number of hydrogen-bond donors (Lipinski definition) is 2. The molecule has 0 amide bonds. The van der Waals surface area contributed by atoms with Crippen LogP contribution in [0.4, 0.5) is 0 Å². The number of nitrogens with one attached hydrogen (secondary N) is 2. The van der Waals surface area contributed by atoms with Crippen molar-refractivity contribution in [3.63, 3.8) is 0 Å². The molecule has 1 aliphatic heterocycles. The first-order valence-electron chi connectivity index (χ1n) is 9.94. The summed E-state index contributed by atoms with van der Waals surface area (Å²) in [6.45, 7) is 11.4. The second-order valence-electron chi connectivity index (χ2n) is 7.58. The van der Waals surface area contributed by atoms with E-state index in [2.05, 4.69) is 66.5 Å². The Morgan fingerprint density at radius 3 is 2.79 bits per heavy atom. The highest BCUT2D eigenvalue weighted by Gasteiger charge is 2.17. The highest BCUT2D eigenvalue weighted by Crippen LogP contribution is 2.22. The lowest BCUT2D eigenvalue weighted by molar-refractivity contribution is 0.166. The molecule has 1 aliphatic rings. The number of likely N-dealkylation sites (N-methyl/N-ethyl adjacent to an activating group) is 1. The molecule has 1 atom stereocenters. The van der Waals surface area contributed by atoms with Gasteiger partial charge in [-0.3, -0.25) is 4.99 Å². The Labute approximate surface area is 187 Å². The summed E-state index contributed by atoms with van der Waals surface area (Å²) in [6.07, 6.45) is 1.08. The standard InChI is InChI=1S/C21H36N4O2.HI/c1-16(2)25(5)10-9-23-21(22-4)24-13-19-7-6-17(3)12-20(19)27-15-18-8-11-26-14-18;/h6-7,12,16,18H,8-11,13-15H2,1-5H3,(H2,22,23,24);1H. The van der Waals surface area contributed by atoms with E-state index in [1.54, 1.807) is 7.05 Å². The van der Waals surface area contributed by atoms with Gasteiger partial charge in [-0.25, -0.2) is 0 Å². The lowest BCUT2D eigenvalue weighted by atomic mass is 10.1. The minimum Gasteiger partial charge on any atom is -0.493 e. The summed E-state index contributed by atoms with van der Waals surface area (Å²) in [7, 11) is 3.93. The van der Waals surface area contributed by atoms with Crippen LogP contribution in [0.25, 0.3) is 0 Å². The summed E-state index contributed by atoms with van der Waals surface area (Å²) in [5.41, 5.74) is 2.34. The van der Waals surface area contributed by atoms with Crippen molar-refractivity contribution in [2.24, 2.45) is 10.9 Å². The minimum atomic E-state index is 0. The quantitative estimate of drug-likeness (QED) is 0.308. The molecular weight excluding hydrogens is 467 g/mol. The first-order valence-corrected chi connectivity index (χ1v) is 9.94. The number of halogens is 1. The maximum Gasteiger partial charge on any atom is 0.191 e. The van der Waals surface area contributed by atoms with E-state index >= 15 is 0 Å². The van der Waals surface area contributed by atoms with Crippen LogP contribution in [0.3, 0.4) is 0 Å². The molecule has 0 spiro atoms. The summed E-state index contributed by atoms with van der Waals surface area (Å²) >= 11 is 0. The molecule has 0 bridgehead atoms. The molecule has 6 nitrogen and oxygen atoms in total. The topological polar surface area (TPSA) is 58.1 Å². The molecule has 1 aromatic carbocycles. The van der Waals surface area contributed by atoms with Crippen molar-refractivity contribution in [2.75, 3.05) is 47.0 Å². The predicted molar refractivity (Wildman–Crippen MR) is 127 cm³/mol. The van der Waals surface area contributed by atoms with Crippen LogP contribution in [0.15, 0.2) is 23.2 Å². The highest BCUT2D eigenvalue weighted by atomic mass is 127. The van der Waals surface area contributed by atoms with Gasteiger partial charge in [0.2, 0.25) is 0 Å². The van der Waals surface area contributed by atoms with E-state index in [1.165, 1.54) is 5.56 Å². The molecule has 0 aromatic heterocycles. The Hall–Kier alpha value is -1.06. The zero-order chi connectivity index (χ0) is 19.6. The van der Waals surface area contributed by atoms with Gasteiger partial charge in [0.25, 0.3) is 0 Å². The fraction of sp³-hybridized carbons (Fsp3) is 0.667. The van der Waals surface area contributed by atoms with Gasteiger partial charge in [0, 0.05) is 50.8 Å². The molecule has 1 fully saturated rings. The van der Waals surface area contributed by atoms with Gasteiger partial charge in [0.05, 0.1) is 13.2 Å². The van der Waals surface area contributed by atoms with Crippen LogP contribution in [-0.2, 0) is 11.3 Å². The van der Waals surface area contributed by atoms with Crippen molar-refractivity contribution in [3.8, 4) is 5.75 Å². The van der Waals surface area contributed by atoms with Gasteiger partial charge in [0.1, 0.15) is 5.75 Å². The summed E-state index contributed by atoms with van der Waals surface area (Å²) in [5.74, 6) is 2.26. The Kier molecular flexibility index (Phi) is 11.8. The van der Waals surface area contributed by atoms with Crippen molar-refractivity contribution < 1.29 is 9.47 Å². The summed E-state index contributed by atoms with van der Waals surface area (Å²) < 4.78 is 11.6. The van der Waals surface area contributed by atoms with E-state index in [0.29, 0.717) is 25.1 Å². The van der Waals surface area contributed by atoms with Gasteiger partial charge in [-0.15, -0.1) is 24.0 Å². The third-order valence-electron chi connectivity index (χ3n) is 5.03. The molecule has 1 saturated heterocycles. The van der Waals surface area contributed by atoms with Crippen molar-refractivity contribution in [1.82, 2.24) is 15.5 Å². The third-order valence-corrected chi connectivity index (χ3v) is 5.03. The number of nitrogens with zero attached hydrogens (tertiary/aromatic N) is 2. The maximum absolute atomic E-state index is 6.12. The molecule has 0 saturated carbocycles. The number of ether oxygens (including phenoxy) is 2. The van der Waals surface area contributed by atoms with Crippen LogP contribution in [0.1, 0.15) is 31.4 Å². The molecule has 7 heteroatoms. The van der Waals surface area contributed by atoms with E-state index in [4.69, 9.17) is 9.47 Å². The molecule has 160 valence electrons. The lowest BCUT2D eigenvalue weighted by Gasteiger charge is -2.22. The number of aryl methyl sites for hydroxylation is 1. The second kappa shape index (κ2) is 13.2. The fourth-order valence-electron chi connectivity index (χ4n) is 2.87. The van der Waals surface area contributed by atoms with Gasteiger partial charge < -0.3 is 25.0 Å². The summed E-state index contributed by atoms with van der Waals surface area (Å²) in [4.78, 5) is 6.62. The van der Waals surface area contributed by atoms with Crippen molar-refractivity contribution in [3.05, 3.63) is 29.3 Å². The van der Waals surface area contributed by atoms with Crippen molar-refractivity contribution >= 4 is 29.9 Å². The summed E-state index contributed by atoms with van der Waals surface area (Å²) in [5, 5.41) is 6.77. The molecule has 28 heavy (non-hydrogen) atoms. The largest absolute Gasteiger partial charge is 0.493 e. The summed E-state index contributed by atoms with van der Waals surface area (Å²) in [6, 6.07) is 6.90. The zero-order valence-corrected chi connectivity index (χ0v) is 20.3. The van der Waals surface area contributed by atoms with E-state index in [-0.39, 0.29) is 24.0 Å². The molecule has 1 heterocycles. The van der Waals surface area contributed by atoms with Gasteiger partial charge in [-0.2, -0.15) is 0 Å². The van der Waals surface area contributed by atoms with Crippen LogP contribution in [0, 0.1) is 12.8 Å². The molecule has 0 aliphatic carbocycles. The number of rotatable bonds is 9. The Morgan fingerprint density at radius 2 is 2.14 bits per heavy atom. The maximum atomic E-state index is 6.12. The number of hydrogen-bond acceptors (Lipinski definition) is 4. The average molecular weight is 504 g/mol. The van der Waals surface area contributed by atoms with Crippen molar-refractivity contribution in [1.29, 1.82) is 0 Å². The first-order chi connectivity index (χ1) is 13.0. The Morgan fingerprint density at radius 1 is 1.36 bits per heavy atom. The second-order valence-corrected chi connectivity index (χ2v) is 7.58. The van der Waals surface area contributed by atoms with Crippen LogP contribution in [-0.4, -0.2) is 63.9 Å². The number of aliphatic imine (C=N–C) groups is 1. The van der Waals surface area contributed by atoms with Gasteiger partial charge in [0.15, 0.2) is 5.96 Å². The smallest absolute Gasteiger partial charge is 0.191 e. The van der Waals surface area contributed by atoms with E-state index in [1.807, 2.05) is 0 Å². The number of benzene rings is 1. The highest BCUT2D eigenvalue weighted by molar-refractivity contribution is 14.0. The van der Waals surface area contributed by atoms with E-state index < -0.39 is 0 Å². The molecule has 2 N–H and O–H groups in total. The van der Waals surface area contributed by atoms with Crippen LogP contribution in [0.2, 0.25) is 0 Å². The lowest BCUT2D eigenvalue weighted by Crippen LogP contribution is -2.41. The van der Waals surface area contributed by atoms with Crippen LogP contribution < -0.4 is 15.4 Å². The van der Waals surface area contributed by atoms with Gasteiger partial charge in [-0.1, -0.05) is 12.1 Å². The van der Waals surface area contributed by atoms with Gasteiger partial charge in [-0.05, 0) is 45.9 Å². The molecule has 1 aromatic rings. The van der Waals surface area contributed by atoms with E-state index in [9.17, 15) is 0 Å². The van der Waals surface area contributed by atoms with Crippen molar-refractivity contribution in [2.45, 2.75) is 39.8 Å². The van der Waals surface area contributed by atoms with Crippen LogP contribution in [0.5, 0.6) is 5.75 Å². The minimum absolute atomic E-state index is 0. The van der Waals surface area contributed by atoms with Crippen LogP contribution >= 0.6 is 24.0 Å². The Balaban J connectivity index is 0.00000392. The average Bonchev–Trinajstić information content (AvgIpc) is 3.17. The zero-order valence-electron chi connectivity index (χ0n) is 18.0.